The summed E-state index contributed by atoms with van der Waals surface area (Å²) in [5, 5.41) is 3.73. The van der Waals surface area contributed by atoms with Crippen molar-refractivity contribution >= 4 is 0 Å². The smallest absolute Gasteiger partial charge is 0.0518 e. The zero-order valence-electron chi connectivity index (χ0n) is 15.9. The van der Waals surface area contributed by atoms with Crippen molar-refractivity contribution in [2.45, 2.75) is 39.4 Å². The maximum absolute atomic E-state index is 6.67. The number of nitrogens with one attached hydrogen (secondary N) is 1. The molecule has 0 aliphatic rings. The van der Waals surface area contributed by atoms with Gasteiger partial charge in [-0.3, -0.25) is 0 Å². The Morgan fingerprint density at radius 1 is 0.769 bits per heavy atom. The Bertz CT molecular complexity index is 818. The highest BCUT2D eigenvalue weighted by Crippen LogP contribution is 2.28. The lowest BCUT2D eigenvalue weighted by Crippen LogP contribution is -2.32. The van der Waals surface area contributed by atoms with Crippen molar-refractivity contribution in [3.05, 3.63) is 106 Å². The van der Waals surface area contributed by atoms with E-state index >= 15 is 0 Å². The van der Waals surface area contributed by atoms with Crippen LogP contribution in [0.15, 0.2) is 72.8 Å². The molecule has 0 saturated heterocycles. The van der Waals surface area contributed by atoms with Crippen molar-refractivity contribution in [3.8, 4) is 0 Å². The van der Waals surface area contributed by atoms with Crippen molar-refractivity contribution in [1.29, 1.82) is 0 Å². The summed E-state index contributed by atoms with van der Waals surface area (Å²) in [7, 11) is 0. The minimum atomic E-state index is -0.107. The molecule has 0 bridgehead atoms. The summed E-state index contributed by atoms with van der Waals surface area (Å²) in [4.78, 5) is 0. The molecule has 2 nitrogen and oxygen atoms in total. The Hall–Kier alpha value is -2.42. The van der Waals surface area contributed by atoms with Crippen LogP contribution in [0.4, 0.5) is 0 Å². The molecular formula is C24H28N2. The summed E-state index contributed by atoms with van der Waals surface area (Å²) in [5.74, 6) is 0. The third-order valence-electron chi connectivity index (χ3n) is 5.04. The SMILES string of the molecule is Cc1cc(C)c(CNC(c2ccccc2)C(N)c2ccccc2)c(C)c1. The van der Waals surface area contributed by atoms with E-state index in [4.69, 9.17) is 5.73 Å². The third kappa shape index (κ3) is 4.21. The molecule has 0 aliphatic heterocycles. The van der Waals surface area contributed by atoms with Crippen LogP contribution in [0.5, 0.6) is 0 Å². The molecule has 134 valence electrons. The molecule has 26 heavy (non-hydrogen) atoms. The predicted octanol–water partition coefficient (Wildman–Crippen LogP) is 5.14. The van der Waals surface area contributed by atoms with Gasteiger partial charge in [-0.2, -0.15) is 0 Å². The van der Waals surface area contributed by atoms with E-state index in [-0.39, 0.29) is 12.1 Å². The molecular weight excluding hydrogens is 316 g/mol. The van der Waals surface area contributed by atoms with Gasteiger partial charge in [0.2, 0.25) is 0 Å². The zero-order chi connectivity index (χ0) is 18.5. The van der Waals surface area contributed by atoms with Crippen molar-refractivity contribution in [2.75, 3.05) is 0 Å². The van der Waals surface area contributed by atoms with Crippen LogP contribution in [-0.2, 0) is 6.54 Å². The molecule has 0 aliphatic carbocycles. The molecule has 0 amide bonds. The van der Waals surface area contributed by atoms with E-state index in [1.165, 1.54) is 27.8 Å². The second kappa shape index (κ2) is 8.31. The van der Waals surface area contributed by atoms with Crippen LogP contribution in [0.25, 0.3) is 0 Å². The van der Waals surface area contributed by atoms with Gasteiger partial charge in [-0.1, -0.05) is 78.4 Å². The van der Waals surface area contributed by atoms with Crippen LogP contribution >= 0.6 is 0 Å². The van der Waals surface area contributed by atoms with E-state index in [1.807, 2.05) is 24.3 Å². The summed E-state index contributed by atoms with van der Waals surface area (Å²) in [6.45, 7) is 7.32. The van der Waals surface area contributed by atoms with Gasteiger partial charge in [0.1, 0.15) is 0 Å². The highest BCUT2D eigenvalue weighted by atomic mass is 15.0. The summed E-state index contributed by atoms with van der Waals surface area (Å²) >= 11 is 0. The third-order valence-corrected chi connectivity index (χ3v) is 5.04. The highest BCUT2D eigenvalue weighted by molar-refractivity contribution is 5.38. The highest BCUT2D eigenvalue weighted by Gasteiger charge is 2.21. The van der Waals surface area contributed by atoms with Crippen LogP contribution in [0, 0.1) is 20.8 Å². The number of benzene rings is 3. The first-order valence-electron chi connectivity index (χ1n) is 9.22. The lowest BCUT2D eigenvalue weighted by atomic mass is 9.93. The molecule has 0 radical (unpaired) electrons. The molecule has 3 aromatic rings. The minimum Gasteiger partial charge on any atom is -0.322 e. The lowest BCUT2D eigenvalue weighted by Gasteiger charge is -2.27. The lowest BCUT2D eigenvalue weighted by molar-refractivity contribution is 0.451. The molecule has 3 N–H and O–H groups in total. The number of hydrogen-bond donors (Lipinski definition) is 2. The number of rotatable bonds is 6. The molecule has 2 unspecified atom stereocenters. The molecule has 2 atom stereocenters. The second-order valence-corrected chi connectivity index (χ2v) is 7.08. The van der Waals surface area contributed by atoms with Crippen molar-refractivity contribution in [3.63, 3.8) is 0 Å². The molecule has 3 aromatic carbocycles. The average Bonchev–Trinajstić information content (AvgIpc) is 2.65. The molecule has 3 rings (SSSR count). The van der Waals surface area contributed by atoms with E-state index < -0.39 is 0 Å². The van der Waals surface area contributed by atoms with E-state index in [2.05, 4.69) is 74.6 Å². The molecule has 0 heterocycles. The van der Waals surface area contributed by atoms with E-state index in [9.17, 15) is 0 Å². The first-order valence-corrected chi connectivity index (χ1v) is 9.22. The molecule has 0 fully saturated rings. The standard InChI is InChI=1S/C24H28N2/c1-17-14-18(2)22(19(3)15-17)16-26-24(21-12-8-5-9-13-21)23(25)20-10-6-4-7-11-20/h4-15,23-24,26H,16,25H2,1-3H3. The molecule has 2 heteroatoms. The van der Waals surface area contributed by atoms with Crippen LogP contribution < -0.4 is 11.1 Å². The van der Waals surface area contributed by atoms with Gasteiger partial charge in [0.25, 0.3) is 0 Å². The number of nitrogens with two attached hydrogens (primary N) is 1. The molecule has 0 saturated carbocycles. The van der Waals surface area contributed by atoms with Crippen molar-refractivity contribution < 1.29 is 0 Å². The average molecular weight is 345 g/mol. The molecule has 0 aromatic heterocycles. The summed E-state index contributed by atoms with van der Waals surface area (Å²) in [6, 6.07) is 25.3. The first kappa shape index (κ1) is 18.4. The Morgan fingerprint density at radius 3 is 1.81 bits per heavy atom. The maximum Gasteiger partial charge on any atom is 0.0518 e. The fourth-order valence-corrected chi connectivity index (χ4v) is 3.68. The van der Waals surface area contributed by atoms with Gasteiger partial charge >= 0.3 is 0 Å². The Kier molecular flexibility index (Phi) is 5.87. The van der Waals surface area contributed by atoms with E-state index in [0.29, 0.717) is 0 Å². The maximum atomic E-state index is 6.67. The molecule has 0 spiro atoms. The normalized spacial score (nSPS) is 13.4. The van der Waals surface area contributed by atoms with Gasteiger partial charge in [-0.15, -0.1) is 0 Å². The summed E-state index contributed by atoms with van der Waals surface area (Å²) in [6.07, 6.45) is 0. The number of aryl methyl sites for hydroxylation is 3. The van der Waals surface area contributed by atoms with Crippen LogP contribution in [0.3, 0.4) is 0 Å². The Morgan fingerprint density at radius 2 is 1.27 bits per heavy atom. The van der Waals surface area contributed by atoms with E-state index in [0.717, 1.165) is 12.1 Å². The van der Waals surface area contributed by atoms with Gasteiger partial charge in [-0.25, -0.2) is 0 Å². The van der Waals surface area contributed by atoms with Crippen molar-refractivity contribution in [1.82, 2.24) is 5.32 Å². The van der Waals surface area contributed by atoms with E-state index in [1.54, 1.807) is 0 Å². The predicted molar refractivity (Wildman–Crippen MR) is 110 cm³/mol. The van der Waals surface area contributed by atoms with Crippen LogP contribution in [-0.4, -0.2) is 0 Å². The van der Waals surface area contributed by atoms with Gasteiger partial charge in [0.15, 0.2) is 0 Å². The zero-order valence-corrected chi connectivity index (χ0v) is 15.9. The topological polar surface area (TPSA) is 38.0 Å². The Labute approximate surface area is 157 Å². The summed E-state index contributed by atoms with van der Waals surface area (Å²) in [5.41, 5.74) is 14.4. The van der Waals surface area contributed by atoms with Crippen LogP contribution in [0.2, 0.25) is 0 Å². The monoisotopic (exact) mass is 344 g/mol. The largest absolute Gasteiger partial charge is 0.322 e. The van der Waals surface area contributed by atoms with Gasteiger partial charge in [-0.05, 0) is 48.6 Å². The first-order chi connectivity index (χ1) is 12.6. The fraction of sp³-hybridized carbons (Fsp3) is 0.250. The van der Waals surface area contributed by atoms with Crippen molar-refractivity contribution in [2.24, 2.45) is 5.73 Å². The van der Waals surface area contributed by atoms with Gasteiger partial charge in [0, 0.05) is 12.6 Å². The van der Waals surface area contributed by atoms with Gasteiger partial charge < -0.3 is 11.1 Å². The minimum absolute atomic E-state index is 0.0544. The van der Waals surface area contributed by atoms with Gasteiger partial charge in [0.05, 0.1) is 6.04 Å². The summed E-state index contributed by atoms with van der Waals surface area (Å²) < 4.78 is 0. The number of hydrogen-bond acceptors (Lipinski definition) is 2. The van der Waals surface area contributed by atoms with Crippen LogP contribution in [0.1, 0.15) is 45.5 Å². The second-order valence-electron chi connectivity index (χ2n) is 7.08. The Balaban J connectivity index is 1.88. The fourth-order valence-electron chi connectivity index (χ4n) is 3.68. The quantitative estimate of drug-likeness (QED) is 0.649.